The molecule has 212 valence electrons. The highest BCUT2D eigenvalue weighted by Gasteiger charge is 2.20. The summed E-state index contributed by atoms with van der Waals surface area (Å²) in [5.41, 5.74) is 3.88. The fraction of sp³-hybridized carbons (Fsp3) is 0.448. The largest absolute Gasteiger partial charge is 0.480 e. The molecule has 0 saturated carbocycles. The molecule has 0 aliphatic carbocycles. The molecular formula is C29H38N8O3. The Morgan fingerprint density at radius 2 is 1.93 bits per heavy atom. The van der Waals surface area contributed by atoms with Crippen LogP contribution in [0.3, 0.4) is 0 Å². The summed E-state index contributed by atoms with van der Waals surface area (Å²) in [6.45, 7) is 5.88. The van der Waals surface area contributed by atoms with Crippen LogP contribution < -0.4 is 16.0 Å². The van der Waals surface area contributed by atoms with Gasteiger partial charge in [-0.15, -0.1) is 0 Å². The van der Waals surface area contributed by atoms with Gasteiger partial charge in [-0.3, -0.25) is 14.7 Å². The normalized spacial score (nSPS) is 13.3. The van der Waals surface area contributed by atoms with Crippen LogP contribution in [-0.2, 0) is 22.4 Å². The number of aliphatic carboxylic acids is 1. The number of carboxylic acids is 1. The van der Waals surface area contributed by atoms with Crippen molar-refractivity contribution < 1.29 is 14.7 Å². The molecule has 1 amide bonds. The molecule has 11 nitrogen and oxygen atoms in total. The van der Waals surface area contributed by atoms with Gasteiger partial charge >= 0.3 is 5.97 Å². The maximum absolute atomic E-state index is 12.1. The predicted molar refractivity (Wildman–Crippen MR) is 154 cm³/mol. The lowest BCUT2D eigenvalue weighted by molar-refractivity contribution is -0.138. The van der Waals surface area contributed by atoms with Gasteiger partial charge < -0.3 is 21.1 Å². The summed E-state index contributed by atoms with van der Waals surface area (Å²) in [5, 5.41) is 19.2. The van der Waals surface area contributed by atoms with Crippen molar-refractivity contribution in [2.24, 2.45) is 0 Å². The van der Waals surface area contributed by atoms with E-state index in [4.69, 9.17) is 4.98 Å². The molecule has 1 unspecified atom stereocenters. The van der Waals surface area contributed by atoms with Gasteiger partial charge in [0.1, 0.15) is 17.7 Å². The molecular weight excluding hydrogens is 508 g/mol. The number of nitrogens with one attached hydrogen (secondary N) is 3. The van der Waals surface area contributed by atoms with Crippen molar-refractivity contribution in [1.82, 2.24) is 30.2 Å². The number of unbranched alkanes of at least 4 members (excludes halogenated alkanes) is 1. The predicted octanol–water partition coefficient (Wildman–Crippen LogP) is 3.27. The molecule has 1 aliphatic heterocycles. The number of aryl methyl sites for hydroxylation is 3. The van der Waals surface area contributed by atoms with E-state index < -0.39 is 12.0 Å². The summed E-state index contributed by atoms with van der Waals surface area (Å²) >= 11 is 0. The zero-order chi connectivity index (χ0) is 28.3. The molecule has 1 atom stereocenters. The standard InChI is InChI=1S/C29H38N8O3/c1-20-18-26(36-28(33-20)23-10-14-30-15-11-23)35-25(29(39)40)12-17-37(19-32-21(2)38)16-4-3-7-24-9-8-22-6-5-13-31-27(22)34-24/h8-11,14-15,18,25H,3-7,12-13,16-17,19H2,1-2H3,(H,31,34)(H,32,38)(H,39,40)(H,33,35,36). The second kappa shape index (κ2) is 14.3. The third kappa shape index (κ3) is 8.70. The second-order valence-corrected chi connectivity index (χ2v) is 10.1. The number of carbonyl (C=O) groups excluding carboxylic acids is 1. The van der Waals surface area contributed by atoms with Crippen molar-refractivity contribution in [2.75, 3.05) is 36.9 Å². The van der Waals surface area contributed by atoms with Crippen LogP contribution in [0.2, 0.25) is 0 Å². The van der Waals surface area contributed by atoms with Gasteiger partial charge in [0.25, 0.3) is 0 Å². The zero-order valence-corrected chi connectivity index (χ0v) is 23.2. The Labute approximate surface area is 234 Å². The highest BCUT2D eigenvalue weighted by Crippen LogP contribution is 2.21. The minimum Gasteiger partial charge on any atom is -0.480 e. The fourth-order valence-electron chi connectivity index (χ4n) is 4.66. The molecule has 0 radical (unpaired) electrons. The molecule has 0 bridgehead atoms. The number of fused-ring (bicyclic) bond motifs is 1. The first kappa shape index (κ1) is 28.9. The van der Waals surface area contributed by atoms with Gasteiger partial charge in [0, 0.05) is 55.4 Å². The second-order valence-electron chi connectivity index (χ2n) is 10.1. The smallest absolute Gasteiger partial charge is 0.326 e. The Morgan fingerprint density at radius 3 is 2.70 bits per heavy atom. The summed E-state index contributed by atoms with van der Waals surface area (Å²) < 4.78 is 0. The minimum atomic E-state index is -0.965. The van der Waals surface area contributed by atoms with Crippen molar-refractivity contribution in [3.05, 3.63) is 59.7 Å². The average Bonchev–Trinajstić information content (AvgIpc) is 2.95. The number of carbonyl (C=O) groups is 2. The molecule has 11 heteroatoms. The lowest BCUT2D eigenvalue weighted by Gasteiger charge is -2.25. The van der Waals surface area contributed by atoms with Crippen LogP contribution in [0, 0.1) is 6.92 Å². The molecule has 4 N–H and O–H groups in total. The van der Waals surface area contributed by atoms with Gasteiger partial charge in [-0.25, -0.2) is 19.7 Å². The fourth-order valence-corrected chi connectivity index (χ4v) is 4.66. The van der Waals surface area contributed by atoms with E-state index in [9.17, 15) is 14.7 Å². The third-order valence-electron chi connectivity index (χ3n) is 6.81. The summed E-state index contributed by atoms with van der Waals surface area (Å²) in [6.07, 6.45) is 8.59. The van der Waals surface area contributed by atoms with Crippen LogP contribution in [0.25, 0.3) is 11.4 Å². The molecule has 1 aliphatic rings. The molecule has 3 aromatic rings. The number of amides is 1. The summed E-state index contributed by atoms with van der Waals surface area (Å²) in [7, 11) is 0. The lowest BCUT2D eigenvalue weighted by atomic mass is 10.1. The number of rotatable bonds is 14. The number of carboxylic acid groups (broad SMARTS) is 1. The number of hydrogen-bond donors (Lipinski definition) is 4. The van der Waals surface area contributed by atoms with Gasteiger partial charge in [-0.1, -0.05) is 6.07 Å². The highest BCUT2D eigenvalue weighted by atomic mass is 16.4. The first-order valence-electron chi connectivity index (χ1n) is 13.8. The Kier molecular flexibility index (Phi) is 10.3. The maximum atomic E-state index is 12.1. The molecule has 0 saturated heterocycles. The van der Waals surface area contributed by atoms with Gasteiger partial charge in [0.15, 0.2) is 5.82 Å². The first-order chi connectivity index (χ1) is 19.4. The van der Waals surface area contributed by atoms with Crippen molar-refractivity contribution in [3.63, 3.8) is 0 Å². The summed E-state index contributed by atoms with van der Waals surface area (Å²) in [5.74, 6) is 0.879. The van der Waals surface area contributed by atoms with Gasteiger partial charge in [-0.05, 0) is 75.8 Å². The molecule has 4 heterocycles. The van der Waals surface area contributed by atoms with E-state index in [-0.39, 0.29) is 5.91 Å². The highest BCUT2D eigenvalue weighted by molar-refractivity contribution is 5.77. The van der Waals surface area contributed by atoms with Gasteiger partial charge in [0.2, 0.25) is 5.91 Å². The van der Waals surface area contributed by atoms with Crippen molar-refractivity contribution in [1.29, 1.82) is 0 Å². The number of pyridine rings is 2. The summed E-state index contributed by atoms with van der Waals surface area (Å²) in [4.78, 5) is 43.6. The molecule has 0 aromatic carbocycles. The van der Waals surface area contributed by atoms with Gasteiger partial charge in [-0.2, -0.15) is 0 Å². The van der Waals surface area contributed by atoms with Crippen molar-refractivity contribution in [2.45, 2.75) is 58.4 Å². The van der Waals surface area contributed by atoms with Crippen LogP contribution in [0.4, 0.5) is 11.6 Å². The quantitative estimate of drug-likeness (QED) is 0.176. The Morgan fingerprint density at radius 1 is 1.10 bits per heavy atom. The first-order valence-corrected chi connectivity index (χ1v) is 13.8. The van der Waals surface area contributed by atoms with E-state index in [0.29, 0.717) is 31.3 Å². The van der Waals surface area contributed by atoms with E-state index in [1.54, 1.807) is 18.5 Å². The monoisotopic (exact) mass is 546 g/mol. The van der Waals surface area contributed by atoms with E-state index in [1.165, 1.54) is 12.5 Å². The zero-order valence-electron chi connectivity index (χ0n) is 23.2. The number of anilines is 2. The molecule has 0 fully saturated rings. The number of nitrogens with zero attached hydrogens (tertiary/aromatic N) is 5. The van der Waals surface area contributed by atoms with Crippen LogP contribution in [0.15, 0.2) is 42.7 Å². The van der Waals surface area contributed by atoms with E-state index in [2.05, 4.69) is 47.9 Å². The Balaban J connectivity index is 1.32. The SMILES string of the molecule is CC(=O)NCN(CCCCc1ccc2c(n1)NCCC2)CCC(Nc1cc(C)nc(-c2ccncc2)n1)C(=O)O. The average molecular weight is 547 g/mol. The van der Waals surface area contributed by atoms with Crippen LogP contribution in [0.1, 0.15) is 49.6 Å². The van der Waals surface area contributed by atoms with Crippen LogP contribution in [0.5, 0.6) is 0 Å². The topological polar surface area (TPSA) is 145 Å². The molecule has 0 spiro atoms. The van der Waals surface area contributed by atoms with Gasteiger partial charge in [0.05, 0.1) is 6.67 Å². The molecule has 40 heavy (non-hydrogen) atoms. The van der Waals surface area contributed by atoms with Crippen molar-refractivity contribution >= 4 is 23.5 Å². The lowest BCUT2D eigenvalue weighted by Crippen LogP contribution is -2.41. The third-order valence-corrected chi connectivity index (χ3v) is 6.81. The molecule has 4 rings (SSSR count). The van der Waals surface area contributed by atoms with Crippen molar-refractivity contribution in [3.8, 4) is 11.4 Å². The van der Waals surface area contributed by atoms with Crippen LogP contribution >= 0.6 is 0 Å². The van der Waals surface area contributed by atoms with E-state index >= 15 is 0 Å². The number of hydrogen-bond acceptors (Lipinski definition) is 9. The summed E-state index contributed by atoms with van der Waals surface area (Å²) in [6, 6.07) is 8.79. The Bertz CT molecular complexity index is 1290. The molecule has 3 aromatic heterocycles. The van der Waals surface area contributed by atoms with Crippen LogP contribution in [-0.4, -0.2) is 74.2 Å². The minimum absolute atomic E-state index is 0.122. The Hall–Kier alpha value is -4.12. The van der Waals surface area contributed by atoms with E-state index in [0.717, 1.165) is 68.0 Å². The van der Waals surface area contributed by atoms with E-state index in [1.807, 2.05) is 19.1 Å². The number of aromatic nitrogens is 4. The maximum Gasteiger partial charge on any atom is 0.326 e.